The van der Waals surface area contributed by atoms with Crippen molar-refractivity contribution in [2.45, 2.75) is 13.3 Å². The summed E-state index contributed by atoms with van der Waals surface area (Å²) in [5.41, 5.74) is 1.60. The second kappa shape index (κ2) is 8.38. The quantitative estimate of drug-likeness (QED) is 0.523. The Bertz CT molecular complexity index is 846. The molecule has 26 heavy (non-hydrogen) atoms. The average molecular weight is 386 g/mol. The Hall–Kier alpha value is -2.31. The lowest BCUT2D eigenvalue weighted by atomic mass is 10.2. The van der Waals surface area contributed by atoms with E-state index in [0.717, 1.165) is 29.2 Å². The van der Waals surface area contributed by atoms with Crippen LogP contribution in [-0.2, 0) is 4.79 Å². The van der Waals surface area contributed by atoms with Crippen molar-refractivity contribution in [2.24, 2.45) is 0 Å². The van der Waals surface area contributed by atoms with E-state index >= 15 is 0 Å². The Morgan fingerprint density at radius 1 is 1.15 bits per heavy atom. The fraction of sp³-hybridized carbons (Fsp3) is 0.200. The molecule has 0 unspecified atom stereocenters. The number of nitrogens with zero attached hydrogens (tertiary/aromatic N) is 1. The number of carbonyl (C=O) groups is 1. The first-order valence-corrected chi connectivity index (χ1v) is 9.50. The first kappa shape index (κ1) is 18.5. The maximum atomic E-state index is 12.9. The highest BCUT2D eigenvalue weighted by Gasteiger charge is 2.33. The molecular weight excluding hydrogens is 366 g/mol. The zero-order valence-corrected chi connectivity index (χ0v) is 16.2. The Balaban J connectivity index is 1.87. The third-order valence-corrected chi connectivity index (χ3v) is 5.09. The Morgan fingerprint density at radius 2 is 1.88 bits per heavy atom. The van der Waals surface area contributed by atoms with E-state index < -0.39 is 0 Å². The van der Waals surface area contributed by atoms with E-state index in [1.54, 1.807) is 12.0 Å². The number of thiocarbonyl (C=S) groups is 1. The van der Waals surface area contributed by atoms with Gasteiger partial charge in [-0.1, -0.05) is 49.1 Å². The summed E-state index contributed by atoms with van der Waals surface area (Å²) in [5, 5.41) is 0. The number of amides is 1. The smallest absolute Gasteiger partial charge is 0.270 e. The van der Waals surface area contributed by atoms with Crippen LogP contribution in [-0.4, -0.2) is 23.9 Å². The minimum absolute atomic E-state index is 0.129. The highest BCUT2D eigenvalue weighted by Crippen LogP contribution is 2.37. The number of rotatable bonds is 6. The van der Waals surface area contributed by atoms with E-state index in [0.29, 0.717) is 15.8 Å². The molecule has 1 aliphatic heterocycles. The van der Waals surface area contributed by atoms with Crippen LogP contribution in [0.2, 0.25) is 0 Å². The molecule has 2 aromatic carbocycles. The summed E-state index contributed by atoms with van der Waals surface area (Å²) in [6, 6.07) is 15.0. The van der Waals surface area contributed by atoms with E-state index in [1.165, 1.54) is 11.8 Å². The van der Waals surface area contributed by atoms with Crippen LogP contribution in [0.4, 0.5) is 5.69 Å². The number of carbonyl (C=O) groups excluding carboxylic acids is 1. The van der Waals surface area contributed by atoms with Crippen LogP contribution in [0.3, 0.4) is 0 Å². The number of benzene rings is 2. The molecule has 0 aromatic heterocycles. The van der Waals surface area contributed by atoms with Crippen LogP contribution in [0.25, 0.3) is 6.08 Å². The predicted octanol–water partition coefficient (Wildman–Crippen LogP) is 4.89. The summed E-state index contributed by atoms with van der Waals surface area (Å²) in [4.78, 5) is 15.0. The van der Waals surface area contributed by atoms with Crippen molar-refractivity contribution in [3.05, 3.63) is 59.0 Å². The molecule has 0 radical (unpaired) electrons. The van der Waals surface area contributed by atoms with Gasteiger partial charge in [0.15, 0.2) is 4.32 Å². The van der Waals surface area contributed by atoms with Crippen molar-refractivity contribution in [2.75, 3.05) is 18.6 Å². The van der Waals surface area contributed by atoms with Gasteiger partial charge in [0.05, 0.1) is 24.3 Å². The van der Waals surface area contributed by atoms with E-state index in [-0.39, 0.29) is 5.91 Å². The van der Waals surface area contributed by atoms with Gasteiger partial charge in [-0.2, -0.15) is 0 Å². The molecule has 1 saturated heterocycles. The largest absolute Gasteiger partial charge is 0.497 e. The zero-order chi connectivity index (χ0) is 18.5. The highest BCUT2D eigenvalue weighted by atomic mass is 32.2. The second-order valence-electron chi connectivity index (χ2n) is 5.60. The molecule has 1 heterocycles. The van der Waals surface area contributed by atoms with Gasteiger partial charge >= 0.3 is 0 Å². The molecule has 0 saturated carbocycles. The van der Waals surface area contributed by atoms with Crippen LogP contribution in [0, 0.1) is 0 Å². The number of hydrogen-bond acceptors (Lipinski definition) is 5. The molecule has 4 nitrogen and oxygen atoms in total. The molecule has 3 rings (SSSR count). The van der Waals surface area contributed by atoms with E-state index in [1.807, 2.05) is 54.6 Å². The number of anilines is 1. The molecule has 2 aromatic rings. The lowest BCUT2D eigenvalue weighted by molar-refractivity contribution is -0.113. The van der Waals surface area contributed by atoms with Crippen molar-refractivity contribution in [3.63, 3.8) is 0 Å². The Morgan fingerprint density at radius 3 is 2.58 bits per heavy atom. The van der Waals surface area contributed by atoms with Crippen molar-refractivity contribution in [1.29, 1.82) is 0 Å². The third kappa shape index (κ3) is 3.92. The summed E-state index contributed by atoms with van der Waals surface area (Å²) in [6.45, 7) is 2.69. The van der Waals surface area contributed by atoms with E-state index in [2.05, 4.69) is 6.92 Å². The molecule has 0 spiro atoms. The summed E-state index contributed by atoms with van der Waals surface area (Å²) in [7, 11) is 1.61. The van der Waals surface area contributed by atoms with Crippen LogP contribution < -0.4 is 14.4 Å². The monoisotopic (exact) mass is 385 g/mol. The van der Waals surface area contributed by atoms with E-state index in [4.69, 9.17) is 21.7 Å². The molecule has 1 amide bonds. The SMILES string of the molecule is CCCOc1ccccc1/C=C1\SC(=S)N(c2ccc(OC)cc2)C1=O. The van der Waals surface area contributed by atoms with Crippen LogP contribution >= 0.6 is 24.0 Å². The van der Waals surface area contributed by atoms with Gasteiger partial charge in [-0.15, -0.1) is 0 Å². The summed E-state index contributed by atoms with van der Waals surface area (Å²) < 4.78 is 11.4. The average Bonchev–Trinajstić information content (AvgIpc) is 2.94. The van der Waals surface area contributed by atoms with Crippen LogP contribution in [0.5, 0.6) is 11.5 Å². The summed E-state index contributed by atoms with van der Waals surface area (Å²) >= 11 is 6.72. The molecule has 0 atom stereocenters. The Kier molecular flexibility index (Phi) is 5.96. The number of methoxy groups -OCH3 is 1. The fourth-order valence-corrected chi connectivity index (χ4v) is 3.80. The molecule has 1 aliphatic rings. The molecular formula is C20H19NO3S2. The number of hydrogen-bond donors (Lipinski definition) is 0. The molecule has 134 valence electrons. The van der Waals surface area contributed by atoms with Gasteiger partial charge < -0.3 is 9.47 Å². The van der Waals surface area contributed by atoms with Gasteiger partial charge in [-0.3, -0.25) is 9.69 Å². The first-order chi connectivity index (χ1) is 12.6. The van der Waals surface area contributed by atoms with Gasteiger partial charge in [0, 0.05) is 5.56 Å². The van der Waals surface area contributed by atoms with Crippen molar-refractivity contribution in [1.82, 2.24) is 0 Å². The normalized spacial score (nSPS) is 15.6. The fourth-order valence-electron chi connectivity index (χ4n) is 2.51. The van der Waals surface area contributed by atoms with Gasteiger partial charge in [0.2, 0.25) is 0 Å². The number of para-hydroxylation sites is 1. The molecule has 0 aliphatic carbocycles. The number of thioether (sulfide) groups is 1. The lowest BCUT2D eigenvalue weighted by Gasteiger charge is -2.14. The molecule has 0 bridgehead atoms. The first-order valence-electron chi connectivity index (χ1n) is 8.28. The topological polar surface area (TPSA) is 38.8 Å². The standard InChI is InChI=1S/C20H19NO3S2/c1-3-12-24-17-7-5-4-6-14(17)13-18-19(22)21(20(25)26-18)15-8-10-16(23-2)11-9-15/h4-11,13H,3,12H2,1-2H3/b18-13-. The minimum atomic E-state index is -0.129. The predicted molar refractivity (Wildman–Crippen MR) is 111 cm³/mol. The summed E-state index contributed by atoms with van der Waals surface area (Å²) in [5.74, 6) is 1.37. The maximum Gasteiger partial charge on any atom is 0.270 e. The van der Waals surface area contributed by atoms with Crippen molar-refractivity contribution < 1.29 is 14.3 Å². The van der Waals surface area contributed by atoms with E-state index in [9.17, 15) is 4.79 Å². The second-order valence-corrected chi connectivity index (χ2v) is 7.28. The highest BCUT2D eigenvalue weighted by molar-refractivity contribution is 8.27. The van der Waals surface area contributed by atoms with Gasteiger partial charge in [0.25, 0.3) is 5.91 Å². The lowest BCUT2D eigenvalue weighted by Crippen LogP contribution is -2.27. The van der Waals surface area contributed by atoms with Crippen LogP contribution in [0.15, 0.2) is 53.4 Å². The van der Waals surface area contributed by atoms with Crippen molar-refractivity contribution in [3.8, 4) is 11.5 Å². The van der Waals surface area contributed by atoms with Gasteiger partial charge in [-0.05, 0) is 42.8 Å². The van der Waals surface area contributed by atoms with Gasteiger partial charge in [0.1, 0.15) is 11.5 Å². The molecule has 0 N–H and O–H groups in total. The third-order valence-electron chi connectivity index (χ3n) is 3.79. The van der Waals surface area contributed by atoms with Crippen molar-refractivity contribution >= 4 is 46.0 Å². The molecule has 6 heteroatoms. The molecule has 1 fully saturated rings. The minimum Gasteiger partial charge on any atom is -0.497 e. The van der Waals surface area contributed by atoms with Crippen LogP contribution in [0.1, 0.15) is 18.9 Å². The summed E-state index contributed by atoms with van der Waals surface area (Å²) in [6.07, 6.45) is 2.77. The van der Waals surface area contributed by atoms with Gasteiger partial charge in [-0.25, -0.2) is 0 Å². The number of ether oxygens (including phenoxy) is 2. The Labute approximate surface area is 162 Å². The zero-order valence-electron chi connectivity index (χ0n) is 14.6. The maximum absolute atomic E-state index is 12.9.